The Labute approximate surface area is 210 Å². The molecular weight excluding hydrogens is 440 g/mol. The first-order chi connectivity index (χ1) is 16.0. The van der Waals surface area contributed by atoms with Crippen LogP contribution >= 0.6 is 0 Å². The number of ketones is 3. The molecule has 6 aliphatic rings. The van der Waals surface area contributed by atoms with Gasteiger partial charge < -0.3 is 9.84 Å². The van der Waals surface area contributed by atoms with Gasteiger partial charge in [0.15, 0.2) is 0 Å². The Morgan fingerprint density at radius 2 is 1.54 bits per heavy atom. The minimum Gasteiger partial charge on any atom is -0.388 e. The second-order valence-corrected chi connectivity index (χ2v) is 15.3. The van der Waals surface area contributed by atoms with Crippen molar-refractivity contribution in [2.75, 3.05) is 0 Å². The van der Waals surface area contributed by atoms with E-state index in [9.17, 15) is 19.5 Å². The van der Waals surface area contributed by atoms with Gasteiger partial charge in [-0.15, -0.1) is 0 Å². The van der Waals surface area contributed by atoms with Crippen molar-refractivity contribution in [1.82, 2.24) is 0 Å². The van der Waals surface area contributed by atoms with Gasteiger partial charge in [0.2, 0.25) is 0 Å². The highest BCUT2D eigenvalue weighted by Gasteiger charge is 2.85. The molecule has 1 aliphatic heterocycles. The Morgan fingerprint density at radius 1 is 0.857 bits per heavy atom. The van der Waals surface area contributed by atoms with Crippen molar-refractivity contribution in [3.05, 3.63) is 0 Å². The molecular formula is C30H44O5. The molecule has 5 heteroatoms. The van der Waals surface area contributed by atoms with Crippen LogP contribution in [-0.2, 0) is 19.1 Å². The second-order valence-electron chi connectivity index (χ2n) is 15.3. The quantitative estimate of drug-likeness (QED) is 0.592. The minimum atomic E-state index is -0.934. The first kappa shape index (κ1) is 24.3. The average molecular weight is 485 g/mol. The molecule has 5 aliphatic carbocycles. The monoisotopic (exact) mass is 484 g/mol. The van der Waals surface area contributed by atoms with E-state index >= 15 is 0 Å². The number of hydrogen-bond donors (Lipinski definition) is 1. The number of carbonyl (C=O) groups excluding carboxylic acids is 3. The molecule has 6 rings (SSSR count). The van der Waals surface area contributed by atoms with E-state index < -0.39 is 16.6 Å². The topological polar surface area (TPSA) is 80.7 Å². The van der Waals surface area contributed by atoms with Crippen LogP contribution in [-0.4, -0.2) is 39.8 Å². The maximum Gasteiger partial charge on any atom is 0.139 e. The van der Waals surface area contributed by atoms with E-state index in [1.165, 1.54) is 0 Å². The van der Waals surface area contributed by atoms with Crippen molar-refractivity contribution < 1.29 is 24.2 Å². The zero-order chi connectivity index (χ0) is 25.6. The Kier molecular flexibility index (Phi) is 4.50. The molecule has 0 aromatic rings. The maximum absolute atomic E-state index is 13.9. The van der Waals surface area contributed by atoms with Gasteiger partial charge in [-0.3, -0.25) is 14.4 Å². The molecule has 5 saturated carbocycles. The van der Waals surface area contributed by atoms with Crippen LogP contribution in [0.25, 0.3) is 0 Å². The number of aliphatic hydroxyl groups is 1. The lowest BCUT2D eigenvalue weighted by Gasteiger charge is -2.62. The molecule has 0 amide bonds. The van der Waals surface area contributed by atoms with Gasteiger partial charge in [-0.2, -0.15) is 0 Å². The van der Waals surface area contributed by atoms with Gasteiger partial charge in [0.1, 0.15) is 17.3 Å². The van der Waals surface area contributed by atoms with E-state index in [0.29, 0.717) is 19.3 Å². The number of Topliss-reactive ketones (excluding diaryl/α,β-unsaturated/α-hetero) is 3. The van der Waals surface area contributed by atoms with Crippen molar-refractivity contribution in [3.8, 4) is 0 Å². The number of fused-ring (bicyclic) bond motifs is 2. The zero-order valence-electron chi connectivity index (χ0n) is 22.8. The van der Waals surface area contributed by atoms with E-state index in [2.05, 4.69) is 20.8 Å². The fourth-order valence-electron chi connectivity index (χ4n) is 11.3. The lowest BCUT2D eigenvalue weighted by Crippen LogP contribution is -2.60. The smallest absolute Gasteiger partial charge is 0.139 e. The number of rotatable bonds is 2. The molecule has 1 saturated heterocycles. The Morgan fingerprint density at radius 3 is 2.17 bits per heavy atom. The summed E-state index contributed by atoms with van der Waals surface area (Å²) in [5, 5.41) is 10.6. The summed E-state index contributed by atoms with van der Waals surface area (Å²) in [5.74, 6) is 0.638. The number of hydrogen-bond acceptors (Lipinski definition) is 5. The first-order valence-electron chi connectivity index (χ1n) is 14.0. The van der Waals surface area contributed by atoms with Gasteiger partial charge in [0.05, 0.1) is 23.2 Å². The standard InChI is InChI=1S/C30H44O5/c1-24(2)20(33)8-11-30-16-29(30)13-12-26(5)23(28(7)10-9-21(35-28)25(3,4)34)18(32)15-27(26,6)19(29)14-17(31)22(24)30/h19,21-23,34H,8-16H2,1-7H3/t19-,21-,22-,23-,26+,27-,28+,29-,30+/m0/s1. The van der Waals surface area contributed by atoms with Crippen LogP contribution < -0.4 is 0 Å². The van der Waals surface area contributed by atoms with Crippen LogP contribution in [0.2, 0.25) is 0 Å². The molecule has 0 aromatic carbocycles. The van der Waals surface area contributed by atoms with Crippen molar-refractivity contribution in [2.45, 2.75) is 124 Å². The van der Waals surface area contributed by atoms with Gasteiger partial charge in [-0.05, 0) is 86.9 Å². The molecule has 35 heavy (non-hydrogen) atoms. The van der Waals surface area contributed by atoms with Crippen molar-refractivity contribution in [3.63, 3.8) is 0 Å². The van der Waals surface area contributed by atoms with Crippen molar-refractivity contribution in [1.29, 1.82) is 0 Å². The Hall–Kier alpha value is -1.07. The van der Waals surface area contributed by atoms with Crippen molar-refractivity contribution >= 4 is 17.3 Å². The van der Waals surface area contributed by atoms with Gasteiger partial charge in [0.25, 0.3) is 0 Å². The molecule has 0 radical (unpaired) electrons. The molecule has 6 fully saturated rings. The molecule has 5 nitrogen and oxygen atoms in total. The molecule has 194 valence electrons. The SMILES string of the molecule is CC(C)(O)[C@@H]1CC[C@](C)([C@H]2C(=O)C[C@@]3(C)[C@@H]4CC(=O)[C@H]5C(C)(C)C(=O)CC[C@@]56C[C@@]46CC[C@]23C)O1. The highest BCUT2D eigenvalue weighted by molar-refractivity contribution is 5.96. The Bertz CT molecular complexity index is 1040. The van der Waals surface area contributed by atoms with E-state index in [4.69, 9.17) is 4.74 Å². The first-order valence-corrected chi connectivity index (χ1v) is 14.0. The highest BCUT2D eigenvalue weighted by Crippen LogP contribution is 2.88. The third-order valence-electron chi connectivity index (χ3n) is 13.1. The average Bonchev–Trinajstić information content (AvgIpc) is 3.08. The van der Waals surface area contributed by atoms with Gasteiger partial charge >= 0.3 is 0 Å². The second kappa shape index (κ2) is 6.49. The molecule has 9 atom stereocenters. The highest BCUT2D eigenvalue weighted by atomic mass is 16.5. The third-order valence-corrected chi connectivity index (χ3v) is 13.1. The lowest BCUT2D eigenvalue weighted by atomic mass is 9.41. The third kappa shape index (κ3) is 2.61. The molecule has 1 heterocycles. The van der Waals surface area contributed by atoms with E-state index in [1.54, 1.807) is 13.8 Å². The summed E-state index contributed by atoms with van der Waals surface area (Å²) in [6.07, 6.45) is 6.81. The predicted molar refractivity (Wildman–Crippen MR) is 131 cm³/mol. The van der Waals surface area contributed by atoms with Crippen LogP contribution in [0.4, 0.5) is 0 Å². The van der Waals surface area contributed by atoms with Crippen LogP contribution in [0, 0.1) is 44.8 Å². The van der Waals surface area contributed by atoms with Crippen LogP contribution in [0.5, 0.6) is 0 Å². The number of carbonyl (C=O) groups is 3. The minimum absolute atomic E-state index is 0.0460. The van der Waals surface area contributed by atoms with Crippen LogP contribution in [0.3, 0.4) is 0 Å². The molecule has 2 spiro atoms. The number of ether oxygens (including phenoxy) is 1. The van der Waals surface area contributed by atoms with Crippen molar-refractivity contribution in [2.24, 2.45) is 44.8 Å². The summed E-state index contributed by atoms with van der Waals surface area (Å²) in [6.45, 7) is 14.3. The fourth-order valence-corrected chi connectivity index (χ4v) is 11.3. The maximum atomic E-state index is 13.9. The van der Waals surface area contributed by atoms with Crippen LogP contribution in [0.1, 0.15) is 106 Å². The van der Waals surface area contributed by atoms with Gasteiger partial charge in [0, 0.05) is 30.6 Å². The lowest BCUT2D eigenvalue weighted by molar-refractivity contribution is -0.187. The van der Waals surface area contributed by atoms with Gasteiger partial charge in [-0.25, -0.2) is 0 Å². The molecule has 1 N–H and O–H groups in total. The molecule has 0 unspecified atom stereocenters. The molecule has 0 bridgehead atoms. The fraction of sp³-hybridized carbons (Fsp3) is 0.900. The largest absolute Gasteiger partial charge is 0.388 e. The zero-order valence-corrected chi connectivity index (χ0v) is 22.8. The Balaban J connectivity index is 1.38. The van der Waals surface area contributed by atoms with Crippen LogP contribution in [0.15, 0.2) is 0 Å². The summed E-state index contributed by atoms with van der Waals surface area (Å²) in [4.78, 5) is 40.7. The summed E-state index contributed by atoms with van der Waals surface area (Å²) >= 11 is 0. The van der Waals surface area contributed by atoms with E-state index in [-0.39, 0.29) is 62.9 Å². The summed E-state index contributed by atoms with van der Waals surface area (Å²) in [7, 11) is 0. The predicted octanol–water partition coefficient (Wildman–Crippen LogP) is 5.06. The van der Waals surface area contributed by atoms with Gasteiger partial charge in [-0.1, -0.05) is 27.7 Å². The summed E-state index contributed by atoms with van der Waals surface area (Å²) < 4.78 is 6.57. The normalized spacial score (nSPS) is 54.7. The van der Waals surface area contributed by atoms with E-state index in [0.717, 1.165) is 38.5 Å². The van der Waals surface area contributed by atoms with E-state index in [1.807, 2.05) is 13.8 Å². The molecule has 0 aromatic heterocycles. The summed E-state index contributed by atoms with van der Waals surface area (Å²) in [6, 6.07) is 0. The summed E-state index contributed by atoms with van der Waals surface area (Å²) in [5.41, 5.74) is -2.52.